The largest absolute Gasteiger partial charge is 0.343 e. The molecule has 0 spiro atoms. The number of hydrogen-bond donors (Lipinski definition) is 1. The van der Waals surface area contributed by atoms with Crippen LogP contribution < -0.4 is 5.32 Å². The van der Waals surface area contributed by atoms with Gasteiger partial charge in [0.15, 0.2) is 9.84 Å². The van der Waals surface area contributed by atoms with Crippen LogP contribution in [0.1, 0.15) is 12.8 Å². The van der Waals surface area contributed by atoms with Gasteiger partial charge in [-0.25, -0.2) is 8.42 Å². The molecule has 1 amide bonds. The maximum absolute atomic E-state index is 12.7. The Kier molecular flexibility index (Phi) is 6.46. The minimum Gasteiger partial charge on any atom is -0.343 e. The lowest BCUT2D eigenvalue weighted by molar-refractivity contribution is -0.126. The number of amides is 1. The van der Waals surface area contributed by atoms with Crippen molar-refractivity contribution in [1.29, 1.82) is 5.26 Å². The van der Waals surface area contributed by atoms with Gasteiger partial charge in [-0.3, -0.25) is 4.79 Å². The highest BCUT2D eigenvalue weighted by Gasteiger charge is 2.32. The minimum atomic E-state index is -3.46. The van der Waals surface area contributed by atoms with E-state index in [9.17, 15) is 13.2 Å². The van der Waals surface area contributed by atoms with Crippen molar-refractivity contribution in [2.45, 2.75) is 22.6 Å². The van der Waals surface area contributed by atoms with Gasteiger partial charge in [-0.05, 0) is 49.3 Å². The predicted octanol–water partition coefficient (Wildman–Crippen LogP) is 2.40. The number of sulfone groups is 1. The van der Waals surface area contributed by atoms with Crippen LogP contribution in [0.25, 0.3) is 0 Å². The number of carbonyl (C=O) groups excluding carboxylic acids is 1. The number of carbonyl (C=O) groups is 1. The van der Waals surface area contributed by atoms with Crippen LogP contribution in [0.15, 0.2) is 46.2 Å². The first-order valence-electron chi connectivity index (χ1n) is 7.64. The Morgan fingerprint density at radius 1 is 1.29 bits per heavy atom. The molecule has 128 valence electrons. The topological polar surface area (TPSA) is 87.0 Å². The highest BCUT2D eigenvalue weighted by atomic mass is 32.2. The molecule has 24 heavy (non-hydrogen) atoms. The van der Waals surface area contributed by atoms with E-state index in [2.05, 4.69) is 5.32 Å². The Balaban J connectivity index is 2.14. The van der Waals surface area contributed by atoms with Crippen LogP contribution in [0.3, 0.4) is 0 Å². The molecule has 0 heterocycles. The van der Waals surface area contributed by atoms with Crippen LogP contribution in [-0.4, -0.2) is 32.9 Å². The van der Waals surface area contributed by atoms with Crippen molar-refractivity contribution in [1.82, 2.24) is 5.32 Å². The number of nitriles is 1. The number of hydrogen-bond acceptors (Lipinski definition) is 5. The third-order valence-corrected chi connectivity index (χ3v) is 6.70. The second-order valence-corrected chi connectivity index (χ2v) is 8.56. The molecule has 5 nitrogen and oxygen atoms in total. The summed E-state index contributed by atoms with van der Waals surface area (Å²) >= 11 is 1.55. The molecule has 0 saturated carbocycles. The molecule has 1 N–H and O–H groups in total. The zero-order chi connectivity index (χ0) is 17.6. The van der Waals surface area contributed by atoms with Gasteiger partial charge in [-0.1, -0.05) is 12.2 Å². The summed E-state index contributed by atoms with van der Waals surface area (Å²) in [7, 11) is -3.46. The fourth-order valence-corrected chi connectivity index (χ4v) is 4.88. The maximum atomic E-state index is 12.7. The first-order chi connectivity index (χ1) is 11.5. The van der Waals surface area contributed by atoms with E-state index in [4.69, 9.17) is 5.26 Å². The Morgan fingerprint density at radius 3 is 2.58 bits per heavy atom. The van der Waals surface area contributed by atoms with Crippen molar-refractivity contribution in [2.24, 2.45) is 11.8 Å². The van der Waals surface area contributed by atoms with E-state index in [0.29, 0.717) is 12.8 Å². The molecule has 2 rings (SSSR count). The van der Waals surface area contributed by atoms with Crippen molar-refractivity contribution < 1.29 is 13.2 Å². The third kappa shape index (κ3) is 4.62. The number of rotatable bonds is 6. The zero-order valence-corrected chi connectivity index (χ0v) is 15.1. The molecule has 7 heteroatoms. The summed E-state index contributed by atoms with van der Waals surface area (Å²) in [5.74, 6) is -1.01. The molecule has 0 aliphatic heterocycles. The number of thioether (sulfide) groups is 1. The zero-order valence-electron chi connectivity index (χ0n) is 13.4. The van der Waals surface area contributed by atoms with Crippen LogP contribution in [0.5, 0.6) is 0 Å². The molecular formula is C17H20N2O3S2. The van der Waals surface area contributed by atoms with E-state index in [1.165, 1.54) is 0 Å². The Bertz CT molecular complexity index is 749. The van der Waals surface area contributed by atoms with Gasteiger partial charge in [0.2, 0.25) is 5.91 Å². The van der Waals surface area contributed by atoms with Gasteiger partial charge in [0.05, 0.1) is 16.7 Å². The van der Waals surface area contributed by atoms with Gasteiger partial charge < -0.3 is 5.32 Å². The summed E-state index contributed by atoms with van der Waals surface area (Å²) in [6, 6.07) is 8.67. The molecule has 2 unspecified atom stereocenters. The average molecular weight is 364 g/mol. The monoisotopic (exact) mass is 364 g/mol. The van der Waals surface area contributed by atoms with Gasteiger partial charge in [-0.2, -0.15) is 5.26 Å². The lowest BCUT2D eigenvalue weighted by Gasteiger charge is -2.27. The standard InChI is InChI=1S/C17H20N2O3S2/c1-23-14-6-8-15(9-7-14)24(21,22)12-13-4-2-3-5-16(13)17(20)19-11-10-18/h2-3,6-9,13,16H,4-5,11-12H2,1H3,(H,19,20). The molecule has 0 saturated heterocycles. The Labute approximate surface area is 147 Å². The summed E-state index contributed by atoms with van der Waals surface area (Å²) in [6.07, 6.45) is 6.80. The third-order valence-electron chi connectivity index (χ3n) is 4.10. The van der Waals surface area contributed by atoms with E-state index in [1.807, 2.05) is 24.5 Å². The highest BCUT2D eigenvalue weighted by molar-refractivity contribution is 7.98. The van der Waals surface area contributed by atoms with E-state index in [-0.39, 0.29) is 29.0 Å². The first-order valence-corrected chi connectivity index (χ1v) is 10.5. The second-order valence-electron chi connectivity index (χ2n) is 5.64. The summed E-state index contributed by atoms with van der Waals surface area (Å²) in [6.45, 7) is -0.0608. The molecule has 1 aromatic carbocycles. The predicted molar refractivity (Wildman–Crippen MR) is 94.3 cm³/mol. The van der Waals surface area contributed by atoms with E-state index in [1.54, 1.807) is 36.0 Å². The molecule has 0 fully saturated rings. The van der Waals surface area contributed by atoms with Gasteiger partial charge in [0, 0.05) is 10.8 Å². The normalized spacial score (nSPS) is 20.3. The maximum Gasteiger partial charge on any atom is 0.224 e. The Morgan fingerprint density at radius 2 is 1.96 bits per heavy atom. The molecule has 2 atom stereocenters. The molecule has 0 bridgehead atoms. The smallest absolute Gasteiger partial charge is 0.224 e. The number of allylic oxidation sites excluding steroid dienone is 2. The molecular weight excluding hydrogens is 344 g/mol. The minimum absolute atomic E-state index is 0.0608. The SMILES string of the molecule is CSc1ccc(S(=O)(=O)CC2CC=CCC2C(=O)NCC#N)cc1. The van der Waals surface area contributed by atoms with Crippen molar-refractivity contribution in [3.63, 3.8) is 0 Å². The molecule has 1 aliphatic carbocycles. The summed E-state index contributed by atoms with van der Waals surface area (Å²) in [5.41, 5.74) is 0. The quantitative estimate of drug-likeness (QED) is 0.476. The molecule has 0 aromatic heterocycles. The van der Waals surface area contributed by atoms with Crippen molar-refractivity contribution in [3.8, 4) is 6.07 Å². The lowest BCUT2D eigenvalue weighted by atomic mass is 9.83. The molecule has 0 radical (unpaired) electrons. The van der Waals surface area contributed by atoms with Crippen LogP contribution in [0, 0.1) is 23.2 Å². The lowest BCUT2D eigenvalue weighted by Crippen LogP contribution is -2.38. The van der Waals surface area contributed by atoms with Gasteiger partial charge >= 0.3 is 0 Å². The summed E-state index contributed by atoms with van der Waals surface area (Å²) in [4.78, 5) is 13.5. The number of nitrogens with one attached hydrogen (secondary N) is 1. The molecule has 1 aliphatic rings. The van der Waals surface area contributed by atoms with E-state index < -0.39 is 15.8 Å². The van der Waals surface area contributed by atoms with Crippen LogP contribution in [0.4, 0.5) is 0 Å². The first kappa shape index (κ1) is 18.6. The fraction of sp³-hybridized carbons (Fsp3) is 0.412. The van der Waals surface area contributed by atoms with Crippen molar-refractivity contribution in [2.75, 3.05) is 18.6 Å². The average Bonchev–Trinajstić information content (AvgIpc) is 2.60. The van der Waals surface area contributed by atoms with Crippen LogP contribution in [-0.2, 0) is 14.6 Å². The van der Waals surface area contributed by atoms with Crippen molar-refractivity contribution in [3.05, 3.63) is 36.4 Å². The summed E-state index contributed by atoms with van der Waals surface area (Å²) in [5, 5.41) is 11.1. The number of benzene rings is 1. The van der Waals surface area contributed by atoms with Gasteiger partial charge in [0.1, 0.15) is 6.54 Å². The Hall–Kier alpha value is -1.78. The van der Waals surface area contributed by atoms with Crippen LogP contribution >= 0.6 is 11.8 Å². The van der Waals surface area contributed by atoms with E-state index >= 15 is 0 Å². The molecule has 1 aromatic rings. The fourth-order valence-electron chi connectivity index (χ4n) is 2.79. The highest BCUT2D eigenvalue weighted by Crippen LogP contribution is 2.29. The van der Waals surface area contributed by atoms with Crippen LogP contribution in [0.2, 0.25) is 0 Å². The van der Waals surface area contributed by atoms with E-state index in [0.717, 1.165) is 4.90 Å². The number of nitrogens with zero attached hydrogens (tertiary/aromatic N) is 1. The summed E-state index contributed by atoms with van der Waals surface area (Å²) < 4.78 is 25.3. The van der Waals surface area contributed by atoms with Crippen molar-refractivity contribution >= 4 is 27.5 Å². The van der Waals surface area contributed by atoms with Gasteiger partial charge in [0.25, 0.3) is 0 Å². The second kappa shape index (κ2) is 8.36. The van der Waals surface area contributed by atoms with Gasteiger partial charge in [-0.15, -0.1) is 11.8 Å².